The summed E-state index contributed by atoms with van der Waals surface area (Å²) in [5, 5.41) is 2.99. The summed E-state index contributed by atoms with van der Waals surface area (Å²) < 4.78 is 0. The lowest BCUT2D eigenvalue weighted by Crippen LogP contribution is -2.22. The normalized spacial score (nSPS) is 27.9. The average Bonchev–Trinajstić information content (AvgIpc) is 2.14. The Balaban J connectivity index is 2.22. The third kappa shape index (κ3) is 0.918. The van der Waals surface area contributed by atoms with E-state index >= 15 is 0 Å². The highest BCUT2D eigenvalue weighted by atomic mass is 15.0. The van der Waals surface area contributed by atoms with Crippen molar-refractivity contribution in [3.05, 3.63) is 0 Å². The summed E-state index contributed by atoms with van der Waals surface area (Å²) in [4.78, 5) is 3.87. The maximum Gasteiger partial charge on any atom is 0.164 e. The van der Waals surface area contributed by atoms with Crippen LogP contribution in [0.5, 0.6) is 0 Å². The van der Waals surface area contributed by atoms with Gasteiger partial charge in [-0.05, 0) is 6.42 Å². The minimum Gasteiger partial charge on any atom is -0.363 e. The van der Waals surface area contributed by atoms with Gasteiger partial charge < -0.3 is 5.32 Å². The van der Waals surface area contributed by atoms with E-state index in [0.29, 0.717) is 6.04 Å². The Morgan fingerprint density at radius 1 is 2.00 bits per heavy atom. The quantitative estimate of drug-likeness (QED) is 0.499. The molecule has 0 spiro atoms. The molecule has 1 atom stereocenters. The first-order chi connectivity index (χ1) is 3.43. The number of aliphatic imine (C=N–C) groups is 1. The van der Waals surface area contributed by atoms with E-state index in [0.717, 1.165) is 13.0 Å². The van der Waals surface area contributed by atoms with Crippen LogP contribution in [0.3, 0.4) is 0 Å². The molecule has 1 radical (unpaired) electrons. The molecule has 39 valence electrons. The minimum absolute atomic E-state index is 0.569. The van der Waals surface area contributed by atoms with E-state index in [1.165, 1.54) is 0 Å². The third-order valence-corrected chi connectivity index (χ3v) is 1.15. The zero-order valence-corrected chi connectivity index (χ0v) is 4.44. The molecule has 0 aromatic heterocycles. The molecule has 0 aliphatic carbocycles. The molecule has 2 heteroatoms. The van der Waals surface area contributed by atoms with Gasteiger partial charge in [-0.3, -0.25) is 4.99 Å². The molecular formula is C5H9N2. The molecule has 1 unspecified atom stereocenters. The third-order valence-electron chi connectivity index (χ3n) is 1.15. The predicted molar refractivity (Wildman–Crippen MR) is 29.5 cm³/mol. The number of rotatable bonds is 1. The van der Waals surface area contributed by atoms with E-state index < -0.39 is 0 Å². The highest BCUT2D eigenvalue weighted by Gasteiger charge is 2.05. The van der Waals surface area contributed by atoms with E-state index in [2.05, 4.69) is 23.6 Å². The second kappa shape index (κ2) is 1.96. The van der Waals surface area contributed by atoms with Gasteiger partial charge in [-0.15, -0.1) is 0 Å². The summed E-state index contributed by atoms with van der Waals surface area (Å²) in [6, 6.07) is 0.569. The summed E-state index contributed by atoms with van der Waals surface area (Å²) in [6.07, 6.45) is 3.85. The molecule has 2 nitrogen and oxygen atoms in total. The van der Waals surface area contributed by atoms with Crippen LogP contribution >= 0.6 is 0 Å². The van der Waals surface area contributed by atoms with Crippen LogP contribution < -0.4 is 5.32 Å². The summed E-state index contributed by atoms with van der Waals surface area (Å²) in [7, 11) is 0. The van der Waals surface area contributed by atoms with E-state index in [9.17, 15) is 0 Å². The van der Waals surface area contributed by atoms with Crippen LogP contribution in [-0.4, -0.2) is 18.9 Å². The minimum atomic E-state index is 0.569. The van der Waals surface area contributed by atoms with Crippen LogP contribution in [0.2, 0.25) is 0 Å². The van der Waals surface area contributed by atoms with Gasteiger partial charge in [0, 0.05) is 6.04 Å². The highest BCUT2D eigenvalue weighted by Crippen LogP contribution is 1.93. The Morgan fingerprint density at radius 3 is 3.14 bits per heavy atom. The summed E-state index contributed by atoms with van der Waals surface area (Å²) in [6.45, 7) is 3.05. The van der Waals surface area contributed by atoms with Gasteiger partial charge in [0.25, 0.3) is 0 Å². The maximum atomic E-state index is 3.87. The number of hydrogen-bond acceptors (Lipinski definition) is 2. The first-order valence-electron chi connectivity index (χ1n) is 2.60. The first kappa shape index (κ1) is 4.62. The zero-order valence-electron chi connectivity index (χ0n) is 4.44. The standard InChI is InChI=1S/C5H9N2/c1-2-5-3-6-4-7-5/h5H,2-3H2,1H3,(H,6,7). The van der Waals surface area contributed by atoms with Crippen LogP contribution in [0.4, 0.5) is 0 Å². The lowest BCUT2D eigenvalue weighted by Gasteiger charge is -2.01. The Bertz CT molecular complexity index is 70.1. The van der Waals surface area contributed by atoms with Crippen LogP contribution in [0.25, 0.3) is 0 Å². The van der Waals surface area contributed by atoms with Crippen LogP contribution in [0.15, 0.2) is 4.99 Å². The summed E-state index contributed by atoms with van der Waals surface area (Å²) in [5.74, 6) is 0. The molecule has 0 saturated heterocycles. The van der Waals surface area contributed by atoms with Crippen molar-refractivity contribution >= 4 is 6.34 Å². The molecule has 1 heterocycles. The molecular weight excluding hydrogens is 88.1 g/mol. The van der Waals surface area contributed by atoms with Gasteiger partial charge in [0.05, 0.1) is 6.54 Å². The van der Waals surface area contributed by atoms with Crippen molar-refractivity contribution in [2.45, 2.75) is 19.4 Å². The van der Waals surface area contributed by atoms with Crippen LogP contribution in [0, 0.1) is 0 Å². The number of nitrogens with one attached hydrogen (secondary N) is 1. The van der Waals surface area contributed by atoms with E-state index in [1.54, 1.807) is 0 Å². The first-order valence-corrected chi connectivity index (χ1v) is 2.60. The maximum absolute atomic E-state index is 3.87. The molecule has 1 aliphatic heterocycles. The predicted octanol–water partition coefficient (Wildman–Crippen LogP) is 0.274. The van der Waals surface area contributed by atoms with Crippen molar-refractivity contribution in [1.82, 2.24) is 5.32 Å². The Hall–Kier alpha value is -0.530. The fourth-order valence-electron chi connectivity index (χ4n) is 0.570. The monoisotopic (exact) mass is 97.1 g/mol. The molecule has 0 bridgehead atoms. The van der Waals surface area contributed by atoms with Gasteiger partial charge in [0.15, 0.2) is 6.34 Å². The smallest absolute Gasteiger partial charge is 0.164 e. The van der Waals surface area contributed by atoms with Crippen molar-refractivity contribution in [2.75, 3.05) is 6.54 Å². The van der Waals surface area contributed by atoms with Crippen molar-refractivity contribution < 1.29 is 0 Å². The molecule has 0 aromatic rings. The largest absolute Gasteiger partial charge is 0.363 e. The molecule has 1 N–H and O–H groups in total. The molecule has 0 saturated carbocycles. The Labute approximate surface area is 43.6 Å². The van der Waals surface area contributed by atoms with Crippen LogP contribution in [-0.2, 0) is 0 Å². The SMILES string of the molecule is CCC1CN=[C]N1. The lowest BCUT2D eigenvalue weighted by atomic mass is 10.2. The average molecular weight is 97.1 g/mol. The molecule has 1 aliphatic rings. The van der Waals surface area contributed by atoms with Gasteiger partial charge in [0.1, 0.15) is 0 Å². The van der Waals surface area contributed by atoms with E-state index in [4.69, 9.17) is 0 Å². The second-order valence-electron chi connectivity index (χ2n) is 1.70. The lowest BCUT2D eigenvalue weighted by molar-refractivity contribution is 0.639. The topological polar surface area (TPSA) is 24.4 Å². The zero-order chi connectivity index (χ0) is 5.11. The van der Waals surface area contributed by atoms with Crippen molar-refractivity contribution in [2.24, 2.45) is 4.99 Å². The van der Waals surface area contributed by atoms with Gasteiger partial charge >= 0.3 is 0 Å². The van der Waals surface area contributed by atoms with Crippen molar-refractivity contribution in [3.8, 4) is 0 Å². The number of nitrogens with zero attached hydrogens (tertiary/aromatic N) is 1. The van der Waals surface area contributed by atoms with Crippen molar-refractivity contribution in [3.63, 3.8) is 0 Å². The Morgan fingerprint density at radius 2 is 2.86 bits per heavy atom. The van der Waals surface area contributed by atoms with Gasteiger partial charge in [0.2, 0.25) is 0 Å². The summed E-state index contributed by atoms with van der Waals surface area (Å²) >= 11 is 0. The molecule has 0 fully saturated rings. The molecule has 1 rings (SSSR count). The van der Waals surface area contributed by atoms with Gasteiger partial charge in [-0.1, -0.05) is 6.92 Å². The molecule has 0 aromatic carbocycles. The fraction of sp³-hybridized carbons (Fsp3) is 0.800. The van der Waals surface area contributed by atoms with Gasteiger partial charge in [-0.25, -0.2) is 0 Å². The molecule has 7 heavy (non-hydrogen) atoms. The van der Waals surface area contributed by atoms with E-state index in [1.807, 2.05) is 0 Å². The second-order valence-corrected chi connectivity index (χ2v) is 1.70. The summed E-state index contributed by atoms with van der Waals surface area (Å²) in [5.41, 5.74) is 0. The fourth-order valence-corrected chi connectivity index (χ4v) is 0.570. The van der Waals surface area contributed by atoms with Gasteiger partial charge in [-0.2, -0.15) is 0 Å². The molecule has 0 amide bonds. The van der Waals surface area contributed by atoms with E-state index in [-0.39, 0.29) is 0 Å². The Kier molecular flexibility index (Phi) is 1.29. The van der Waals surface area contributed by atoms with Crippen LogP contribution in [0.1, 0.15) is 13.3 Å². The number of hydrogen-bond donors (Lipinski definition) is 1. The highest BCUT2D eigenvalue weighted by molar-refractivity contribution is 5.57. The van der Waals surface area contributed by atoms with Crippen molar-refractivity contribution in [1.29, 1.82) is 0 Å².